The van der Waals surface area contributed by atoms with Gasteiger partial charge < -0.3 is 9.72 Å². The lowest BCUT2D eigenvalue weighted by Gasteiger charge is -2.43. The Kier molecular flexibility index (Phi) is 3.61. The number of para-hydroxylation sites is 1. The molecule has 3 aromatic rings. The summed E-state index contributed by atoms with van der Waals surface area (Å²) in [6.45, 7) is 3.96. The van der Waals surface area contributed by atoms with Crippen LogP contribution >= 0.6 is 0 Å². The van der Waals surface area contributed by atoms with Crippen molar-refractivity contribution in [1.29, 1.82) is 0 Å². The van der Waals surface area contributed by atoms with E-state index in [4.69, 9.17) is 4.74 Å². The van der Waals surface area contributed by atoms with Gasteiger partial charge in [-0.25, -0.2) is 0 Å². The van der Waals surface area contributed by atoms with Crippen molar-refractivity contribution in [2.75, 3.05) is 19.7 Å². The molecule has 2 aromatic heterocycles. The zero-order chi connectivity index (χ0) is 16.7. The zero-order valence-corrected chi connectivity index (χ0v) is 14.4. The van der Waals surface area contributed by atoms with Crippen LogP contribution in [0.25, 0.3) is 10.9 Å². The van der Waals surface area contributed by atoms with E-state index in [0.717, 1.165) is 45.5 Å². The van der Waals surface area contributed by atoms with Gasteiger partial charge in [-0.3, -0.25) is 9.88 Å². The minimum Gasteiger partial charge on any atom is -0.368 e. The van der Waals surface area contributed by atoms with Crippen LogP contribution in [0.4, 0.5) is 0 Å². The lowest BCUT2D eigenvalue weighted by atomic mass is 9.83. The van der Waals surface area contributed by atoms with Crippen molar-refractivity contribution in [3.63, 3.8) is 0 Å². The molecular formula is C21H23N3O. The summed E-state index contributed by atoms with van der Waals surface area (Å²) in [5.41, 5.74) is 5.27. The van der Waals surface area contributed by atoms with Crippen molar-refractivity contribution >= 4 is 10.9 Å². The Hall–Kier alpha value is -2.17. The van der Waals surface area contributed by atoms with Crippen molar-refractivity contribution in [3.05, 3.63) is 65.6 Å². The lowest BCUT2D eigenvalue weighted by Crippen LogP contribution is -2.46. The van der Waals surface area contributed by atoms with Gasteiger partial charge in [-0.1, -0.05) is 18.2 Å². The lowest BCUT2D eigenvalue weighted by molar-refractivity contribution is -0.101. The molecular weight excluding hydrogens is 310 g/mol. The van der Waals surface area contributed by atoms with Crippen LogP contribution in [0.1, 0.15) is 29.7 Å². The molecule has 1 aromatic carbocycles. The van der Waals surface area contributed by atoms with Gasteiger partial charge in [0.2, 0.25) is 0 Å². The largest absolute Gasteiger partial charge is 0.368 e. The van der Waals surface area contributed by atoms with Gasteiger partial charge in [0, 0.05) is 42.9 Å². The summed E-state index contributed by atoms with van der Waals surface area (Å²) in [5, 5.41) is 1.37. The molecule has 0 saturated carbocycles. The van der Waals surface area contributed by atoms with Gasteiger partial charge in [0.25, 0.3) is 0 Å². The Bertz CT molecular complexity index is 879. The topological polar surface area (TPSA) is 41.2 Å². The van der Waals surface area contributed by atoms with Crippen LogP contribution in [0.15, 0.2) is 48.8 Å². The molecule has 0 bridgehead atoms. The number of pyridine rings is 1. The monoisotopic (exact) mass is 333 g/mol. The first-order chi connectivity index (χ1) is 12.3. The number of piperidine rings is 1. The number of aromatic amines is 1. The highest BCUT2D eigenvalue weighted by Gasteiger charge is 2.42. The number of hydrogen-bond acceptors (Lipinski definition) is 3. The van der Waals surface area contributed by atoms with E-state index in [0.29, 0.717) is 0 Å². The summed E-state index contributed by atoms with van der Waals surface area (Å²) in [5.74, 6) is 0. The quantitative estimate of drug-likeness (QED) is 0.779. The summed E-state index contributed by atoms with van der Waals surface area (Å²) in [4.78, 5) is 10.3. The molecule has 25 heavy (non-hydrogen) atoms. The molecule has 1 fully saturated rings. The van der Waals surface area contributed by atoms with E-state index in [1.165, 1.54) is 27.7 Å². The van der Waals surface area contributed by atoms with E-state index >= 15 is 0 Å². The molecule has 2 aliphatic heterocycles. The number of aromatic nitrogens is 2. The van der Waals surface area contributed by atoms with Crippen molar-refractivity contribution in [3.8, 4) is 0 Å². The summed E-state index contributed by atoms with van der Waals surface area (Å²) in [6.07, 6.45) is 6.88. The standard InChI is InChI=1S/C21H23N3O/c1-2-4-19-17(3-1)18-7-14-25-21(20(18)23-19)8-12-24(13-9-21)15-16-5-10-22-11-6-16/h1-6,10-11,23H,7-9,12-15H2. The predicted octanol–water partition coefficient (Wildman–Crippen LogP) is 3.63. The molecule has 0 amide bonds. The molecule has 0 aliphatic carbocycles. The Balaban J connectivity index is 1.40. The molecule has 4 heteroatoms. The third-order valence-electron chi connectivity index (χ3n) is 5.82. The molecule has 1 N–H and O–H groups in total. The van der Waals surface area contributed by atoms with Crippen molar-refractivity contribution < 1.29 is 4.74 Å². The number of rotatable bonds is 2. The first kappa shape index (κ1) is 15.1. The van der Waals surface area contributed by atoms with E-state index in [1.54, 1.807) is 0 Å². The molecule has 0 radical (unpaired) electrons. The molecule has 4 heterocycles. The molecule has 0 unspecified atom stereocenters. The van der Waals surface area contributed by atoms with Crippen LogP contribution in [0.5, 0.6) is 0 Å². The highest BCUT2D eigenvalue weighted by molar-refractivity contribution is 5.85. The van der Waals surface area contributed by atoms with E-state index in [-0.39, 0.29) is 5.60 Å². The second kappa shape index (κ2) is 5.97. The van der Waals surface area contributed by atoms with E-state index in [9.17, 15) is 0 Å². The summed E-state index contributed by atoms with van der Waals surface area (Å²) in [6, 6.07) is 12.9. The Labute approximate surface area is 147 Å². The van der Waals surface area contributed by atoms with Gasteiger partial charge in [0.05, 0.1) is 12.3 Å². The van der Waals surface area contributed by atoms with Crippen LogP contribution in [-0.4, -0.2) is 34.6 Å². The van der Waals surface area contributed by atoms with Crippen molar-refractivity contribution in [1.82, 2.24) is 14.9 Å². The highest BCUT2D eigenvalue weighted by Crippen LogP contribution is 2.43. The Morgan fingerprint density at radius 1 is 1.08 bits per heavy atom. The Morgan fingerprint density at radius 3 is 2.72 bits per heavy atom. The van der Waals surface area contributed by atoms with E-state index in [1.807, 2.05) is 12.4 Å². The fourth-order valence-electron chi connectivity index (χ4n) is 4.48. The number of nitrogens with zero attached hydrogens (tertiary/aromatic N) is 2. The molecule has 2 aliphatic rings. The minimum absolute atomic E-state index is 0.124. The second-order valence-corrected chi connectivity index (χ2v) is 7.25. The smallest absolute Gasteiger partial charge is 0.110 e. The fraction of sp³-hybridized carbons (Fsp3) is 0.381. The number of hydrogen-bond donors (Lipinski definition) is 1. The first-order valence-corrected chi connectivity index (χ1v) is 9.19. The number of benzene rings is 1. The molecule has 1 spiro atoms. The maximum Gasteiger partial charge on any atom is 0.110 e. The van der Waals surface area contributed by atoms with Gasteiger partial charge in [0.15, 0.2) is 0 Å². The average molecular weight is 333 g/mol. The number of H-pyrrole nitrogens is 1. The average Bonchev–Trinajstić information content (AvgIpc) is 3.05. The molecule has 1 saturated heterocycles. The number of fused-ring (bicyclic) bond motifs is 4. The minimum atomic E-state index is -0.124. The third kappa shape index (κ3) is 2.57. The van der Waals surface area contributed by atoms with Crippen LogP contribution in [0.3, 0.4) is 0 Å². The highest BCUT2D eigenvalue weighted by atomic mass is 16.5. The summed E-state index contributed by atoms with van der Waals surface area (Å²) < 4.78 is 6.39. The maximum absolute atomic E-state index is 6.39. The van der Waals surface area contributed by atoms with E-state index < -0.39 is 0 Å². The van der Waals surface area contributed by atoms with Gasteiger partial charge in [-0.15, -0.1) is 0 Å². The number of nitrogens with one attached hydrogen (secondary N) is 1. The second-order valence-electron chi connectivity index (χ2n) is 7.25. The van der Waals surface area contributed by atoms with Crippen LogP contribution < -0.4 is 0 Å². The van der Waals surface area contributed by atoms with Gasteiger partial charge in [-0.05, 0) is 48.6 Å². The van der Waals surface area contributed by atoms with Crippen LogP contribution in [-0.2, 0) is 23.3 Å². The van der Waals surface area contributed by atoms with Gasteiger partial charge in [0.1, 0.15) is 5.60 Å². The maximum atomic E-state index is 6.39. The Morgan fingerprint density at radius 2 is 1.88 bits per heavy atom. The van der Waals surface area contributed by atoms with Crippen LogP contribution in [0.2, 0.25) is 0 Å². The van der Waals surface area contributed by atoms with E-state index in [2.05, 4.69) is 51.3 Å². The number of likely N-dealkylation sites (tertiary alicyclic amines) is 1. The summed E-state index contributed by atoms with van der Waals surface area (Å²) in [7, 11) is 0. The van der Waals surface area contributed by atoms with Crippen LogP contribution in [0, 0.1) is 0 Å². The van der Waals surface area contributed by atoms with Gasteiger partial charge in [-0.2, -0.15) is 0 Å². The zero-order valence-electron chi connectivity index (χ0n) is 14.4. The first-order valence-electron chi connectivity index (χ1n) is 9.19. The normalized spacial score (nSPS) is 20.0. The predicted molar refractivity (Wildman–Crippen MR) is 98.4 cm³/mol. The molecule has 5 rings (SSSR count). The molecule has 4 nitrogen and oxygen atoms in total. The molecule has 128 valence electrons. The third-order valence-corrected chi connectivity index (χ3v) is 5.82. The number of ether oxygens (including phenoxy) is 1. The summed E-state index contributed by atoms with van der Waals surface area (Å²) >= 11 is 0. The SMILES string of the molecule is c1ccc2c3c([nH]c2c1)C1(CCN(Cc2ccncc2)CC1)OCC3. The fourth-order valence-corrected chi connectivity index (χ4v) is 4.48. The van der Waals surface area contributed by atoms with Crippen molar-refractivity contribution in [2.45, 2.75) is 31.4 Å². The van der Waals surface area contributed by atoms with Gasteiger partial charge >= 0.3 is 0 Å². The molecule has 0 atom stereocenters. The van der Waals surface area contributed by atoms with Crippen molar-refractivity contribution in [2.24, 2.45) is 0 Å².